The minimum Gasteiger partial charge on any atom is -0.384 e. The van der Waals surface area contributed by atoms with Crippen molar-refractivity contribution in [1.29, 1.82) is 0 Å². The minimum atomic E-state index is -2.58. The Kier molecular flexibility index (Phi) is 1.75. The third-order valence-corrected chi connectivity index (χ3v) is 0.933. The molecule has 0 fully saturated rings. The Morgan fingerprint density at radius 2 is 2.10 bits per heavy atom. The number of hydrogen-bond acceptors (Lipinski definition) is 3. The first kappa shape index (κ1) is 6.85. The molecule has 0 aliphatic rings. The lowest BCUT2D eigenvalue weighted by molar-refractivity contribution is 0.146. The molecule has 3 nitrogen and oxygen atoms in total. The molecule has 1 heterocycles. The molecule has 0 aliphatic heterocycles. The quantitative estimate of drug-likeness (QED) is 0.641. The molecule has 0 aromatic carbocycles. The standard InChI is InChI=1S/C5H5F2N3/c6-5(7)3-1-4(8)10-2-9-3/h1-2,5H,(H2,8,9,10). The molecule has 0 radical (unpaired) electrons. The maximum Gasteiger partial charge on any atom is 0.280 e. The summed E-state index contributed by atoms with van der Waals surface area (Å²) in [5.41, 5.74) is 4.77. The van der Waals surface area contributed by atoms with E-state index >= 15 is 0 Å². The third kappa shape index (κ3) is 1.37. The van der Waals surface area contributed by atoms with Crippen LogP contribution in [0.3, 0.4) is 0 Å². The normalized spacial score (nSPS) is 10.3. The van der Waals surface area contributed by atoms with E-state index in [0.29, 0.717) is 0 Å². The number of nitrogen functional groups attached to an aromatic ring is 1. The second-order valence-electron chi connectivity index (χ2n) is 1.67. The van der Waals surface area contributed by atoms with Crippen LogP contribution in [0.1, 0.15) is 12.1 Å². The van der Waals surface area contributed by atoms with E-state index in [9.17, 15) is 8.78 Å². The highest BCUT2D eigenvalue weighted by molar-refractivity contribution is 5.28. The monoisotopic (exact) mass is 145 g/mol. The lowest BCUT2D eigenvalue weighted by Crippen LogP contribution is -1.95. The summed E-state index contributed by atoms with van der Waals surface area (Å²) in [4.78, 5) is 6.75. The van der Waals surface area contributed by atoms with Gasteiger partial charge in [-0.1, -0.05) is 0 Å². The van der Waals surface area contributed by atoms with Gasteiger partial charge in [0.25, 0.3) is 6.43 Å². The molecule has 0 atom stereocenters. The van der Waals surface area contributed by atoms with Crippen molar-refractivity contribution < 1.29 is 8.78 Å². The van der Waals surface area contributed by atoms with Crippen LogP contribution >= 0.6 is 0 Å². The Hall–Kier alpha value is -1.26. The summed E-state index contributed by atoms with van der Waals surface area (Å²) in [6.45, 7) is 0. The van der Waals surface area contributed by atoms with Crippen LogP contribution in [-0.2, 0) is 0 Å². The molecule has 0 unspecified atom stereocenters. The summed E-state index contributed by atoms with van der Waals surface area (Å²) >= 11 is 0. The maximum atomic E-state index is 11.8. The van der Waals surface area contributed by atoms with Crippen LogP contribution in [0.15, 0.2) is 12.4 Å². The van der Waals surface area contributed by atoms with Gasteiger partial charge in [0.05, 0.1) is 0 Å². The second kappa shape index (κ2) is 2.55. The fourth-order valence-electron chi connectivity index (χ4n) is 0.508. The van der Waals surface area contributed by atoms with E-state index in [1.165, 1.54) is 0 Å². The van der Waals surface area contributed by atoms with Gasteiger partial charge in [0.1, 0.15) is 17.8 Å². The number of anilines is 1. The Labute approximate surface area is 55.9 Å². The van der Waals surface area contributed by atoms with Crippen LogP contribution in [0.2, 0.25) is 0 Å². The smallest absolute Gasteiger partial charge is 0.280 e. The summed E-state index contributed by atoms with van der Waals surface area (Å²) in [6, 6.07) is 1.05. The van der Waals surface area contributed by atoms with Crippen molar-refractivity contribution in [3.63, 3.8) is 0 Å². The Balaban J connectivity index is 2.96. The zero-order valence-electron chi connectivity index (χ0n) is 4.96. The lowest BCUT2D eigenvalue weighted by atomic mass is 10.4. The van der Waals surface area contributed by atoms with Crippen LogP contribution in [0, 0.1) is 0 Å². The number of nitrogens with zero attached hydrogens (tertiary/aromatic N) is 2. The van der Waals surface area contributed by atoms with E-state index in [0.717, 1.165) is 12.4 Å². The van der Waals surface area contributed by atoms with E-state index in [1.54, 1.807) is 0 Å². The van der Waals surface area contributed by atoms with Gasteiger partial charge < -0.3 is 5.73 Å². The molecule has 1 aromatic rings. The molecule has 2 N–H and O–H groups in total. The predicted octanol–water partition coefficient (Wildman–Crippen LogP) is 0.996. The van der Waals surface area contributed by atoms with E-state index in [-0.39, 0.29) is 11.5 Å². The molecule has 1 aromatic heterocycles. The van der Waals surface area contributed by atoms with Gasteiger partial charge in [-0.15, -0.1) is 0 Å². The molecule has 0 aliphatic carbocycles. The fourth-order valence-corrected chi connectivity index (χ4v) is 0.508. The van der Waals surface area contributed by atoms with E-state index in [4.69, 9.17) is 5.73 Å². The van der Waals surface area contributed by atoms with Crippen LogP contribution in [-0.4, -0.2) is 9.97 Å². The maximum absolute atomic E-state index is 11.8. The van der Waals surface area contributed by atoms with Crippen molar-refractivity contribution in [1.82, 2.24) is 9.97 Å². The SMILES string of the molecule is Nc1cc(C(F)F)ncn1. The molecule has 5 heteroatoms. The summed E-state index contributed by atoms with van der Waals surface area (Å²) < 4.78 is 23.6. The van der Waals surface area contributed by atoms with E-state index in [2.05, 4.69) is 9.97 Å². The largest absolute Gasteiger partial charge is 0.384 e. The summed E-state index contributed by atoms with van der Waals surface area (Å²) in [6.07, 6.45) is -1.57. The van der Waals surface area contributed by atoms with Crippen LogP contribution in [0.25, 0.3) is 0 Å². The topological polar surface area (TPSA) is 51.8 Å². The zero-order valence-corrected chi connectivity index (χ0v) is 4.96. The van der Waals surface area contributed by atoms with Gasteiger partial charge in [-0.05, 0) is 0 Å². The average molecular weight is 145 g/mol. The summed E-state index contributed by atoms with van der Waals surface area (Å²) in [7, 11) is 0. The number of hydrogen-bond donors (Lipinski definition) is 1. The molecule has 0 bridgehead atoms. The van der Waals surface area contributed by atoms with Gasteiger partial charge in [0.2, 0.25) is 0 Å². The van der Waals surface area contributed by atoms with E-state index < -0.39 is 6.43 Å². The highest BCUT2D eigenvalue weighted by atomic mass is 19.3. The van der Waals surface area contributed by atoms with Crippen molar-refractivity contribution in [2.24, 2.45) is 0 Å². The van der Waals surface area contributed by atoms with Crippen LogP contribution in [0.4, 0.5) is 14.6 Å². The van der Waals surface area contributed by atoms with Gasteiger partial charge in [-0.3, -0.25) is 0 Å². The van der Waals surface area contributed by atoms with Crippen molar-refractivity contribution in [2.45, 2.75) is 6.43 Å². The first-order valence-corrected chi connectivity index (χ1v) is 2.55. The van der Waals surface area contributed by atoms with Crippen molar-refractivity contribution in [3.8, 4) is 0 Å². The molecular weight excluding hydrogens is 140 g/mol. The number of rotatable bonds is 1. The van der Waals surface area contributed by atoms with Gasteiger partial charge in [0.15, 0.2) is 0 Å². The van der Waals surface area contributed by atoms with Gasteiger partial charge >= 0.3 is 0 Å². The molecule has 10 heavy (non-hydrogen) atoms. The number of alkyl halides is 2. The lowest BCUT2D eigenvalue weighted by Gasteiger charge is -1.96. The molecule has 0 amide bonds. The Morgan fingerprint density at radius 3 is 2.50 bits per heavy atom. The number of halogens is 2. The molecule has 0 spiro atoms. The van der Waals surface area contributed by atoms with Crippen molar-refractivity contribution in [3.05, 3.63) is 18.1 Å². The molecule has 54 valence electrons. The highest BCUT2D eigenvalue weighted by Gasteiger charge is 2.07. The number of nitrogens with two attached hydrogens (primary N) is 1. The fraction of sp³-hybridized carbons (Fsp3) is 0.200. The molecule has 0 saturated heterocycles. The van der Waals surface area contributed by atoms with Gasteiger partial charge in [-0.2, -0.15) is 0 Å². The number of aromatic nitrogens is 2. The summed E-state index contributed by atoms with van der Waals surface area (Å²) in [5.74, 6) is 0.0605. The third-order valence-electron chi connectivity index (χ3n) is 0.933. The molecule has 1 rings (SSSR count). The zero-order chi connectivity index (χ0) is 7.56. The molecule has 0 saturated carbocycles. The highest BCUT2D eigenvalue weighted by Crippen LogP contribution is 2.15. The average Bonchev–Trinajstić information content (AvgIpc) is 1.88. The van der Waals surface area contributed by atoms with E-state index in [1.807, 2.05) is 0 Å². The first-order chi connectivity index (χ1) is 4.70. The van der Waals surface area contributed by atoms with Crippen molar-refractivity contribution >= 4 is 5.82 Å². The Morgan fingerprint density at radius 1 is 1.40 bits per heavy atom. The van der Waals surface area contributed by atoms with Gasteiger partial charge in [-0.25, -0.2) is 18.7 Å². The Bertz CT molecular complexity index is 226. The predicted molar refractivity (Wildman–Crippen MR) is 31.4 cm³/mol. The van der Waals surface area contributed by atoms with Gasteiger partial charge in [0, 0.05) is 6.07 Å². The van der Waals surface area contributed by atoms with Crippen molar-refractivity contribution in [2.75, 3.05) is 5.73 Å². The minimum absolute atomic E-state index is 0.0605. The summed E-state index contributed by atoms with van der Waals surface area (Å²) in [5, 5.41) is 0. The first-order valence-electron chi connectivity index (χ1n) is 2.55. The van der Waals surface area contributed by atoms with Crippen LogP contribution in [0.5, 0.6) is 0 Å². The van der Waals surface area contributed by atoms with Crippen LogP contribution < -0.4 is 5.73 Å². The molecular formula is C5H5F2N3. The second-order valence-corrected chi connectivity index (χ2v) is 1.67.